The van der Waals surface area contributed by atoms with Crippen LogP contribution in [0.25, 0.3) is 0 Å². The molecule has 0 saturated carbocycles. The quantitative estimate of drug-likeness (QED) is 0.749. The number of methoxy groups -OCH3 is 1. The molecule has 1 atom stereocenters. The lowest BCUT2D eigenvalue weighted by Gasteiger charge is -2.12. The van der Waals surface area contributed by atoms with Crippen LogP contribution in [0, 0.1) is 0 Å². The largest absolute Gasteiger partial charge is 0.384 e. The first-order valence-electron chi connectivity index (χ1n) is 4.57. The minimum Gasteiger partial charge on any atom is -0.384 e. The third kappa shape index (κ3) is 1.40. The van der Waals surface area contributed by atoms with Crippen LogP contribution in [0.2, 0.25) is 0 Å². The fourth-order valence-corrected chi connectivity index (χ4v) is 1.72. The number of hydrogen-bond acceptors (Lipinski definition) is 3. The highest BCUT2D eigenvalue weighted by atomic mass is 16.5. The van der Waals surface area contributed by atoms with Crippen molar-refractivity contribution in [3.63, 3.8) is 0 Å². The molecule has 3 heteroatoms. The molecule has 0 fully saturated rings. The molecule has 1 aliphatic heterocycles. The fourth-order valence-electron chi connectivity index (χ4n) is 1.72. The Bertz CT molecular complexity index is 312. The first-order valence-corrected chi connectivity index (χ1v) is 4.57. The van der Waals surface area contributed by atoms with E-state index >= 15 is 0 Å². The second-order valence-electron chi connectivity index (χ2n) is 3.28. The number of rotatable bonds is 2. The Hall–Kier alpha value is -1.09. The van der Waals surface area contributed by atoms with Crippen LogP contribution in [-0.2, 0) is 11.2 Å². The maximum Gasteiger partial charge on any atom is 0.0966 e. The molecular weight excluding hydrogens is 164 g/mol. The van der Waals surface area contributed by atoms with Crippen molar-refractivity contribution in [2.75, 3.05) is 19.0 Å². The molecule has 0 saturated heterocycles. The number of ether oxygens (including phenoxy) is 1. The SMILES string of the molecule is COC(C)c1nccc2c1CCN2. The number of aromatic nitrogens is 1. The van der Waals surface area contributed by atoms with Gasteiger partial charge in [0.25, 0.3) is 0 Å². The average molecular weight is 178 g/mol. The molecule has 0 aromatic carbocycles. The van der Waals surface area contributed by atoms with E-state index in [4.69, 9.17) is 4.74 Å². The van der Waals surface area contributed by atoms with Gasteiger partial charge in [0.05, 0.1) is 11.8 Å². The summed E-state index contributed by atoms with van der Waals surface area (Å²) in [6, 6.07) is 2.02. The first-order chi connectivity index (χ1) is 6.33. The number of fused-ring (bicyclic) bond motifs is 1. The van der Waals surface area contributed by atoms with Crippen molar-refractivity contribution in [2.24, 2.45) is 0 Å². The van der Waals surface area contributed by atoms with E-state index < -0.39 is 0 Å². The number of hydrogen-bond donors (Lipinski definition) is 1. The molecular formula is C10H14N2O. The van der Waals surface area contributed by atoms with Crippen LogP contribution in [0.5, 0.6) is 0 Å². The normalized spacial score (nSPS) is 16.5. The zero-order valence-electron chi connectivity index (χ0n) is 8.00. The van der Waals surface area contributed by atoms with Crippen molar-refractivity contribution < 1.29 is 4.74 Å². The van der Waals surface area contributed by atoms with E-state index in [1.54, 1.807) is 7.11 Å². The van der Waals surface area contributed by atoms with Crippen molar-refractivity contribution in [3.05, 3.63) is 23.5 Å². The summed E-state index contributed by atoms with van der Waals surface area (Å²) in [5.74, 6) is 0. The summed E-state index contributed by atoms with van der Waals surface area (Å²) < 4.78 is 5.27. The molecule has 70 valence electrons. The van der Waals surface area contributed by atoms with Gasteiger partial charge >= 0.3 is 0 Å². The number of pyridine rings is 1. The predicted octanol–water partition coefficient (Wildman–Crippen LogP) is 1.76. The second kappa shape index (κ2) is 3.34. The van der Waals surface area contributed by atoms with Crippen LogP contribution >= 0.6 is 0 Å². The minimum absolute atomic E-state index is 0.0925. The van der Waals surface area contributed by atoms with Crippen LogP contribution in [0.4, 0.5) is 5.69 Å². The molecule has 13 heavy (non-hydrogen) atoms. The van der Waals surface area contributed by atoms with Gasteiger partial charge < -0.3 is 10.1 Å². The maximum atomic E-state index is 5.27. The number of anilines is 1. The fraction of sp³-hybridized carbons (Fsp3) is 0.500. The van der Waals surface area contributed by atoms with E-state index in [0.717, 1.165) is 18.7 Å². The zero-order valence-corrected chi connectivity index (χ0v) is 8.00. The van der Waals surface area contributed by atoms with Crippen LogP contribution in [0.3, 0.4) is 0 Å². The Balaban J connectivity index is 2.41. The molecule has 1 unspecified atom stereocenters. The van der Waals surface area contributed by atoms with Crippen molar-refractivity contribution in [1.82, 2.24) is 4.98 Å². The van der Waals surface area contributed by atoms with Gasteiger partial charge in [-0.05, 0) is 19.4 Å². The van der Waals surface area contributed by atoms with Gasteiger partial charge in [-0.25, -0.2) is 0 Å². The van der Waals surface area contributed by atoms with E-state index in [-0.39, 0.29) is 6.10 Å². The molecule has 1 aliphatic rings. The van der Waals surface area contributed by atoms with Crippen LogP contribution in [0.15, 0.2) is 12.3 Å². The standard InChI is InChI=1S/C10H14N2O/c1-7(13-2)10-8-3-5-11-9(8)4-6-12-10/h4,6-7,11H,3,5H2,1-2H3. The van der Waals surface area contributed by atoms with Crippen LogP contribution < -0.4 is 5.32 Å². The highest BCUT2D eigenvalue weighted by molar-refractivity contribution is 5.56. The molecule has 0 aliphatic carbocycles. The topological polar surface area (TPSA) is 34.1 Å². The van der Waals surface area contributed by atoms with E-state index in [2.05, 4.69) is 10.3 Å². The minimum atomic E-state index is 0.0925. The third-order valence-electron chi connectivity index (χ3n) is 2.52. The first kappa shape index (κ1) is 8.51. The summed E-state index contributed by atoms with van der Waals surface area (Å²) >= 11 is 0. The summed E-state index contributed by atoms with van der Waals surface area (Å²) in [6.07, 6.45) is 2.99. The van der Waals surface area contributed by atoms with Crippen molar-refractivity contribution in [2.45, 2.75) is 19.4 Å². The van der Waals surface area contributed by atoms with Crippen LogP contribution in [-0.4, -0.2) is 18.6 Å². The van der Waals surface area contributed by atoms with Gasteiger partial charge in [-0.3, -0.25) is 4.98 Å². The van der Waals surface area contributed by atoms with Gasteiger partial charge in [0.1, 0.15) is 0 Å². The maximum absolute atomic E-state index is 5.27. The van der Waals surface area contributed by atoms with E-state index in [0.29, 0.717) is 0 Å². The number of nitrogens with zero attached hydrogens (tertiary/aromatic N) is 1. The second-order valence-corrected chi connectivity index (χ2v) is 3.28. The highest BCUT2D eigenvalue weighted by Crippen LogP contribution is 2.28. The highest BCUT2D eigenvalue weighted by Gasteiger charge is 2.18. The summed E-state index contributed by atoms with van der Waals surface area (Å²) in [5.41, 5.74) is 3.61. The van der Waals surface area contributed by atoms with E-state index in [9.17, 15) is 0 Å². The summed E-state index contributed by atoms with van der Waals surface area (Å²) in [7, 11) is 1.72. The van der Waals surface area contributed by atoms with E-state index in [1.807, 2.05) is 19.2 Å². The van der Waals surface area contributed by atoms with Gasteiger partial charge in [0, 0.05) is 31.1 Å². The van der Waals surface area contributed by atoms with Gasteiger partial charge in [-0.2, -0.15) is 0 Å². The Kier molecular flexibility index (Phi) is 2.19. The van der Waals surface area contributed by atoms with E-state index in [1.165, 1.54) is 11.3 Å². The molecule has 0 bridgehead atoms. The average Bonchev–Trinajstić information content (AvgIpc) is 2.63. The van der Waals surface area contributed by atoms with Gasteiger partial charge in [0.15, 0.2) is 0 Å². The van der Waals surface area contributed by atoms with Crippen molar-refractivity contribution >= 4 is 5.69 Å². The Morgan fingerprint density at radius 2 is 2.46 bits per heavy atom. The van der Waals surface area contributed by atoms with Crippen LogP contribution in [0.1, 0.15) is 24.3 Å². The Morgan fingerprint density at radius 3 is 3.23 bits per heavy atom. The third-order valence-corrected chi connectivity index (χ3v) is 2.52. The predicted molar refractivity (Wildman–Crippen MR) is 51.9 cm³/mol. The molecule has 1 N–H and O–H groups in total. The molecule has 0 spiro atoms. The summed E-state index contributed by atoms with van der Waals surface area (Å²) in [5, 5.41) is 3.32. The lowest BCUT2D eigenvalue weighted by Crippen LogP contribution is -2.02. The Morgan fingerprint density at radius 1 is 1.62 bits per heavy atom. The molecule has 1 aromatic rings. The monoisotopic (exact) mass is 178 g/mol. The molecule has 0 amide bonds. The molecule has 1 aromatic heterocycles. The molecule has 2 rings (SSSR count). The number of nitrogens with one attached hydrogen (secondary N) is 1. The molecule has 3 nitrogen and oxygen atoms in total. The molecule has 0 radical (unpaired) electrons. The van der Waals surface area contributed by atoms with Gasteiger partial charge in [-0.15, -0.1) is 0 Å². The zero-order chi connectivity index (χ0) is 9.26. The van der Waals surface area contributed by atoms with Gasteiger partial charge in [0.2, 0.25) is 0 Å². The van der Waals surface area contributed by atoms with Crippen molar-refractivity contribution in [3.8, 4) is 0 Å². The molecule has 2 heterocycles. The smallest absolute Gasteiger partial charge is 0.0966 e. The lowest BCUT2D eigenvalue weighted by molar-refractivity contribution is 0.115. The Labute approximate surface area is 78.1 Å². The summed E-state index contributed by atoms with van der Waals surface area (Å²) in [4.78, 5) is 4.36. The summed E-state index contributed by atoms with van der Waals surface area (Å²) in [6.45, 7) is 3.05. The van der Waals surface area contributed by atoms with Crippen molar-refractivity contribution in [1.29, 1.82) is 0 Å². The lowest BCUT2D eigenvalue weighted by atomic mass is 10.1. The van der Waals surface area contributed by atoms with Gasteiger partial charge in [-0.1, -0.05) is 0 Å².